The Morgan fingerprint density at radius 3 is 0.375 bits per heavy atom. The van der Waals surface area contributed by atoms with Crippen LogP contribution < -0.4 is 17.0 Å². The molecular weight excluding hydrogens is 492 g/mol. The van der Waals surface area contributed by atoms with Gasteiger partial charge in [-0.25, -0.2) is 0 Å². The Morgan fingerprint density at radius 2 is 0.344 bits per heavy atom. The van der Waals surface area contributed by atoms with E-state index in [0.29, 0.717) is 0 Å². The summed E-state index contributed by atoms with van der Waals surface area (Å²) in [5, 5.41) is 0. The van der Waals surface area contributed by atoms with Crippen LogP contribution in [0.3, 0.4) is 0 Å². The van der Waals surface area contributed by atoms with Gasteiger partial charge in [-0.2, -0.15) is 182 Å². The van der Waals surface area contributed by atoms with E-state index in [-0.39, 0.29) is 34.3 Å². The molecule has 0 amide bonds. The molecule has 0 unspecified atom stereocenters. The second-order valence-corrected chi connectivity index (χ2v) is 5.39. The van der Waals surface area contributed by atoms with E-state index >= 15 is 0 Å². The Labute approximate surface area is 215 Å². The maximum Gasteiger partial charge on any atom is 6.00 e. The first-order valence-corrected chi connectivity index (χ1v) is 9.55. The molecule has 0 aliphatic heterocycles. The van der Waals surface area contributed by atoms with Gasteiger partial charge in [0, 0.05) is 0 Å². The van der Waals surface area contributed by atoms with Gasteiger partial charge in [-0.1, -0.05) is 0 Å². The van der Waals surface area contributed by atoms with E-state index < -0.39 is 0 Å². The van der Waals surface area contributed by atoms with Crippen molar-refractivity contribution in [3.05, 3.63) is 182 Å². The van der Waals surface area contributed by atoms with Crippen LogP contribution in [0.15, 0.2) is 152 Å². The van der Waals surface area contributed by atoms with Crippen LogP contribution in [0.1, 0.15) is 0 Å². The molecule has 5 aromatic rings. The van der Waals surface area contributed by atoms with Gasteiger partial charge in [-0.05, 0) is 0 Å². The number of halogens is 1. The normalized spacial score (nSPS) is 7.50. The third-order valence-corrected chi connectivity index (χ3v) is 3.04. The number of benzene rings is 5. The Morgan fingerprint density at radius 1 is 0.219 bits per heavy atom. The molecule has 0 fully saturated rings. The zero-order valence-electron chi connectivity index (χ0n) is 17.7. The molecule has 0 saturated heterocycles. The van der Waals surface area contributed by atoms with Gasteiger partial charge in [0.25, 0.3) is 0 Å². The second kappa shape index (κ2) is 28.1. The standard InChI is InChI=1S/5C6H5.BrH.Cr/c5*1-2-4-6-5-3-1;;/h5*1-5H;1H;/q5*-1;;+6/p-1. The summed E-state index contributed by atoms with van der Waals surface area (Å²) in [4.78, 5) is 0. The predicted molar refractivity (Wildman–Crippen MR) is 126 cm³/mol. The van der Waals surface area contributed by atoms with Gasteiger partial charge in [0.15, 0.2) is 0 Å². The van der Waals surface area contributed by atoms with Crippen molar-refractivity contribution in [1.82, 2.24) is 0 Å². The predicted octanol–water partition coefficient (Wildman–Crippen LogP) is 4.44. The van der Waals surface area contributed by atoms with E-state index in [4.69, 9.17) is 0 Å². The Hall–Kier alpha value is -2.89. The minimum atomic E-state index is 0. The quantitative estimate of drug-likeness (QED) is 0.267. The van der Waals surface area contributed by atoms with Crippen molar-refractivity contribution in [3.63, 3.8) is 0 Å². The molecule has 5 rings (SSSR count). The van der Waals surface area contributed by atoms with Crippen molar-refractivity contribution in [3.8, 4) is 0 Å². The van der Waals surface area contributed by atoms with Gasteiger partial charge in [0.1, 0.15) is 0 Å². The third kappa shape index (κ3) is 25.1. The maximum absolute atomic E-state index is 2.89. The van der Waals surface area contributed by atoms with Crippen LogP contribution in [0.4, 0.5) is 0 Å². The Bertz CT molecular complexity index is 555. The first-order valence-electron chi connectivity index (χ1n) is 9.55. The second-order valence-electron chi connectivity index (χ2n) is 5.39. The summed E-state index contributed by atoms with van der Waals surface area (Å²) in [5.74, 6) is 0. The first kappa shape index (κ1) is 31.3. The maximum atomic E-state index is 2.89. The molecule has 0 saturated carbocycles. The smallest absolute Gasteiger partial charge is 1.00 e. The fourth-order valence-corrected chi connectivity index (χ4v) is 1.71. The topological polar surface area (TPSA) is 0 Å². The van der Waals surface area contributed by atoms with Crippen LogP contribution in [0, 0.1) is 30.3 Å². The molecule has 0 nitrogen and oxygen atoms in total. The average Bonchev–Trinajstić information content (AvgIpc) is 2.91. The molecule has 0 radical (unpaired) electrons. The monoisotopic (exact) mass is 516 g/mol. The van der Waals surface area contributed by atoms with Crippen LogP contribution in [0.2, 0.25) is 0 Å². The van der Waals surface area contributed by atoms with E-state index in [1.807, 2.05) is 152 Å². The van der Waals surface area contributed by atoms with Gasteiger partial charge in [-0.15, -0.1) is 0 Å². The number of rotatable bonds is 0. The zero-order chi connectivity index (χ0) is 21.2. The summed E-state index contributed by atoms with van der Waals surface area (Å²) in [6.07, 6.45) is 0. The number of hydrogen-bond acceptors (Lipinski definition) is 0. The molecule has 32 heavy (non-hydrogen) atoms. The molecule has 0 aliphatic carbocycles. The molecule has 0 aromatic heterocycles. The zero-order valence-corrected chi connectivity index (χ0v) is 20.6. The Balaban J connectivity index is 0. The van der Waals surface area contributed by atoms with Crippen LogP contribution in [-0.2, 0) is 17.4 Å². The van der Waals surface area contributed by atoms with Crippen LogP contribution in [-0.4, -0.2) is 0 Å². The molecular formula is C30H25BrCr. The average molecular weight is 517 g/mol. The van der Waals surface area contributed by atoms with Gasteiger partial charge in [0.2, 0.25) is 0 Å². The van der Waals surface area contributed by atoms with Gasteiger partial charge in [0.05, 0.1) is 0 Å². The summed E-state index contributed by atoms with van der Waals surface area (Å²) in [5.41, 5.74) is 0. The summed E-state index contributed by atoms with van der Waals surface area (Å²) in [6.45, 7) is 0. The van der Waals surface area contributed by atoms with E-state index in [2.05, 4.69) is 30.3 Å². The van der Waals surface area contributed by atoms with E-state index in [0.717, 1.165) is 0 Å². The van der Waals surface area contributed by atoms with Crippen molar-refractivity contribution in [2.45, 2.75) is 0 Å². The van der Waals surface area contributed by atoms with Crippen molar-refractivity contribution >= 4 is 0 Å². The molecule has 0 spiro atoms. The molecule has 0 N–H and O–H groups in total. The van der Waals surface area contributed by atoms with Crippen LogP contribution >= 0.6 is 0 Å². The molecule has 0 aliphatic rings. The van der Waals surface area contributed by atoms with Crippen LogP contribution in [0.25, 0.3) is 0 Å². The summed E-state index contributed by atoms with van der Waals surface area (Å²) >= 11 is 0. The van der Waals surface area contributed by atoms with E-state index in [9.17, 15) is 0 Å². The van der Waals surface area contributed by atoms with Gasteiger partial charge in [-0.3, -0.25) is 0 Å². The molecule has 158 valence electrons. The first-order chi connectivity index (χ1) is 15.0. The van der Waals surface area contributed by atoms with Crippen molar-refractivity contribution in [2.75, 3.05) is 0 Å². The fraction of sp³-hybridized carbons (Fsp3) is 0. The molecule has 5 aromatic carbocycles. The third-order valence-electron chi connectivity index (χ3n) is 3.04. The van der Waals surface area contributed by atoms with Crippen LogP contribution in [0.5, 0.6) is 0 Å². The molecule has 0 heterocycles. The van der Waals surface area contributed by atoms with E-state index in [1.165, 1.54) is 0 Å². The molecule has 0 atom stereocenters. The van der Waals surface area contributed by atoms with Crippen molar-refractivity contribution in [2.24, 2.45) is 0 Å². The van der Waals surface area contributed by atoms with Crippen molar-refractivity contribution < 1.29 is 34.3 Å². The summed E-state index contributed by atoms with van der Waals surface area (Å²) in [7, 11) is 0. The summed E-state index contributed by atoms with van der Waals surface area (Å²) < 4.78 is 0. The minimum absolute atomic E-state index is 0. The van der Waals surface area contributed by atoms with Gasteiger partial charge >= 0.3 is 17.4 Å². The molecule has 2 heteroatoms. The van der Waals surface area contributed by atoms with Gasteiger partial charge < -0.3 is 17.0 Å². The minimum Gasteiger partial charge on any atom is -1.00 e. The fourth-order valence-electron chi connectivity index (χ4n) is 1.71. The largest absolute Gasteiger partial charge is 6.00 e. The molecule has 0 bridgehead atoms. The van der Waals surface area contributed by atoms with Crippen molar-refractivity contribution in [1.29, 1.82) is 0 Å². The SMILES string of the molecule is [Br-].[Cr+6].[c-]1ccccc1.[c-]1ccccc1.[c-]1ccccc1.[c-]1ccccc1.[c-]1ccccc1. The number of hydrogen-bond donors (Lipinski definition) is 0. The van der Waals surface area contributed by atoms with E-state index in [1.54, 1.807) is 0 Å². The Kier molecular flexibility index (Phi) is 27.5. The summed E-state index contributed by atoms with van der Waals surface area (Å²) in [6, 6.07) is 62.5.